The molecule has 0 bridgehead atoms. The minimum absolute atomic E-state index is 0.130. The van der Waals surface area contributed by atoms with Crippen LogP contribution in [0.5, 0.6) is 5.75 Å². The van der Waals surface area contributed by atoms with Crippen LogP contribution in [-0.2, 0) is 0 Å². The minimum atomic E-state index is -1.03. The Morgan fingerprint density at radius 3 is 2.50 bits per heavy atom. The van der Waals surface area contributed by atoms with Gasteiger partial charge in [0.1, 0.15) is 0 Å². The number of methoxy groups -OCH3 is 1. The number of halogens is 2. The summed E-state index contributed by atoms with van der Waals surface area (Å²) in [5.41, 5.74) is 3.85. The highest BCUT2D eigenvalue weighted by molar-refractivity contribution is 6.37. The zero-order valence-corrected chi connectivity index (χ0v) is 13.0. The first kappa shape index (κ1) is 16.1. The number of rotatable bonds is 5. The van der Waals surface area contributed by atoms with Gasteiger partial charge in [0.2, 0.25) is 0 Å². The lowest BCUT2D eigenvalue weighted by Gasteiger charge is -2.07. The van der Waals surface area contributed by atoms with E-state index in [0.29, 0.717) is 27.0 Å². The summed E-state index contributed by atoms with van der Waals surface area (Å²) in [5, 5.41) is 13.8. The van der Waals surface area contributed by atoms with E-state index in [2.05, 4.69) is 10.5 Å². The average molecular weight is 339 g/mol. The molecule has 2 aromatic carbocycles. The van der Waals surface area contributed by atoms with Gasteiger partial charge in [-0.3, -0.25) is 5.43 Å². The van der Waals surface area contributed by atoms with Gasteiger partial charge in [-0.15, -0.1) is 0 Å². The molecule has 22 heavy (non-hydrogen) atoms. The van der Waals surface area contributed by atoms with Gasteiger partial charge >= 0.3 is 5.97 Å². The number of para-hydroxylation sites is 1. The van der Waals surface area contributed by atoms with Crippen molar-refractivity contribution in [1.29, 1.82) is 0 Å². The number of carboxylic acid groups (broad SMARTS) is 1. The Balaban J connectivity index is 2.19. The predicted molar refractivity (Wildman–Crippen MR) is 87.6 cm³/mol. The van der Waals surface area contributed by atoms with Gasteiger partial charge in [0, 0.05) is 0 Å². The number of aromatic carboxylic acids is 1. The van der Waals surface area contributed by atoms with Gasteiger partial charge in [0.25, 0.3) is 0 Å². The molecule has 0 saturated carbocycles. The third-order valence-corrected chi connectivity index (χ3v) is 3.34. The van der Waals surface area contributed by atoms with Crippen LogP contribution in [0.25, 0.3) is 0 Å². The monoisotopic (exact) mass is 338 g/mol. The van der Waals surface area contributed by atoms with E-state index in [1.807, 2.05) is 0 Å². The smallest absolute Gasteiger partial charge is 0.337 e. The van der Waals surface area contributed by atoms with Gasteiger partial charge < -0.3 is 9.84 Å². The molecule has 114 valence electrons. The second kappa shape index (κ2) is 7.15. The normalized spacial score (nSPS) is 10.7. The number of benzene rings is 2. The number of carbonyl (C=O) groups is 1. The van der Waals surface area contributed by atoms with Crippen molar-refractivity contribution in [2.75, 3.05) is 12.5 Å². The van der Waals surface area contributed by atoms with Gasteiger partial charge in [0.15, 0.2) is 5.75 Å². The highest BCUT2D eigenvalue weighted by Gasteiger charge is 2.09. The summed E-state index contributed by atoms with van der Waals surface area (Å²) in [5.74, 6) is -0.640. The zero-order chi connectivity index (χ0) is 16.1. The molecule has 7 heteroatoms. The number of hydrazone groups is 1. The van der Waals surface area contributed by atoms with Crippen LogP contribution in [0.2, 0.25) is 10.0 Å². The molecule has 2 N–H and O–H groups in total. The van der Waals surface area contributed by atoms with E-state index in [-0.39, 0.29) is 5.56 Å². The summed E-state index contributed by atoms with van der Waals surface area (Å²) in [6.07, 6.45) is 1.48. The topological polar surface area (TPSA) is 70.9 Å². The molecule has 0 unspecified atom stereocenters. The third kappa shape index (κ3) is 3.69. The summed E-state index contributed by atoms with van der Waals surface area (Å²) in [7, 11) is 1.48. The number of nitrogens with one attached hydrogen (secondary N) is 1. The van der Waals surface area contributed by atoms with Gasteiger partial charge in [-0.1, -0.05) is 35.3 Å². The molecule has 0 spiro atoms. The number of carboxylic acids is 1. The molecule has 0 atom stereocenters. The molecule has 0 aliphatic heterocycles. The third-order valence-electron chi connectivity index (χ3n) is 2.78. The Hall–Kier alpha value is -2.24. The van der Waals surface area contributed by atoms with E-state index in [0.717, 1.165) is 0 Å². The number of nitrogens with zero attached hydrogens (tertiary/aromatic N) is 1. The standard InChI is InChI=1S/C15H12Cl2N2O3/c1-22-14-11(16)6-9(7-12(14)17)8-18-19-13-5-3-2-4-10(13)15(20)21/h2-8,19H,1H3,(H,20,21). The first-order chi connectivity index (χ1) is 10.5. The quantitative estimate of drug-likeness (QED) is 0.634. The van der Waals surface area contributed by atoms with Crippen molar-refractivity contribution in [3.8, 4) is 5.75 Å². The van der Waals surface area contributed by atoms with Crippen LogP contribution in [-0.4, -0.2) is 24.4 Å². The molecule has 5 nitrogen and oxygen atoms in total. The van der Waals surface area contributed by atoms with Crippen LogP contribution in [0, 0.1) is 0 Å². The molecule has 0 saturated heterocycles. The SMILES string of the molecule is COc1c(Cl)cc(C=NNc2ccccc2C(=O)O)cc1Cl. The van der Waals surface area contributed by atoms with Gasteiger partial charge in [0.05, 0.1) is 34.6 Å². The van der Waals surface area contributed by atoms with E-state index in [4.69, 9.17) is 33.0 Å². The lowest BCUT2D eigenvalue weighted by molar-refractivity contribution is 0.0698. The van der Waals surface area contributed by atoms with E-state index in [1.165, 1.54) is 19.4 Å². The lowest BCUT2D eigenvalue weighted by Crippen LogP contribution is -2.02. The van der Waals surface area contributed by atoms with Crippen LogP contribution in [0.15, 0.2) is 41.5 Å². The fraction of sp³-hybridized carbons (Fsp3) is 0.0667. The largest absolute Gasteiger partial charge is 0.494 e. The number of anilines is 1. The summed E-state index contributed by atoms with van der Waals surface area (Å²) in [6.45, 7) is 0. The van der Waals surface area contributed by atoms with Crippen molar-refractivity contribution in [3.05, 3.63) is 57.6 Å². The highest BCUT2D eigenvalue weighted by atomic mass is 35.5. The van der Waals surface area contributed by atoms with Crippen molar-refractivity contribution in [1.82, 2.24) is 0 Å². The molecule has 0 aliphatic rings. The first-order valence-corrected chi connectivity index (χ1v) is 6.93. The molecule has 0 radical (unpaired) electrons. The van der Waals surface area contributed by atoms with E-state index in [1.54, 1.807) is 30.3 Å². The second-order valence-corrected chi connectivity index (χ2v) is 5.05. The van der Waals surface area contributed by atoms with Crippen LogP contribution in [0.4, 0.5) is 5.69 Å². The van der Waals surface area contributed by atoms with E-state index in [9.17, 15) is 4.79 Å². The Morgan fingerprint density at radius 2 is 1.91 bits per heavy atom. The van der Waals surface area contributed by atoms with E-state index >= 15 is 0 Å². The maximum absolute atomic E-state index is 11.1. The van der Waals surface area contributed by atoms with Crippen LogP contribution in [0.3, 0.4) is 0 Å². The van der Waals surface area contributed by atoms with Gasteiger partial charge in [-0.05, 0) is 29.8 Å². The van der Waals surface area contributed by atoms with Crippen LogP contribution in [0.1, 0.15) is 15.9 Å². The Kier molecular flexibility index (Phi) is 5.25. The maximum atomic E-state index is 11.1. The van der Waals surface area contributed by atoms with Crippen molar-refractivity contribution in [3.63, 3.8) is 0 Å². The maximum Gasteiger partial charge on any atom is 0.337 e. The summed E-state index contributed by atoms with van der Waals surface area (Å²) < 4.78 is 5.06. The van der Waals surface area contributed by atoms with Crippen molar-refractivity contribution >= 4 is 41.1 Å². The summed E-state index contributed by atoms with van der Waals surface area (Å²) in [4.78, 5) is 11.1. The van der Waals surface area contributed by atoms with E-state index < -0.39 is 5.97 Å². The van der Waals surface area contributed by atoms with Crippen molar-refractivity contribution in [2.24, 2.45) is 5.10 Å². The van der Waals surface area contributed by atoms with Crippen molar-refractivity contribution < 1.29 is 14.6 Å². The molecule has 0 fully saturated rings. The molecular weight excluding hydrogens is 327 g/mol. The van der Waals surface area contributed by atoms with Crippen LogP contribution >= 0.6 is 23.2 Å². The molecule has 0 amide bonds. The molecule has 0 aliphatic carbocycles. The molecule has 2 aromatic rings. The average Bonchev–Trinajstić information content (AvgIpc) is 2.47. The zero-order valence-electron chi connectivity index (χ0n) is 11.5. The fourth-order valence-electron chi connectivity index (χ4n) is 1.79. The molecule has 0 heterocycles. The summed E-state index contributed by atoms with van der Waals surface area (Å²) in [6, 6.07) is 9.74. The molecular formula is C15H12Cl2N2O3. The van der Waals surface area contributed by atoms with Gasteiger partial charge in [-0.2, -0.15) is 5.10 Å². The molecule has 2 rings (SSSR count). The first-order valence-electron chi connectivity index (χ1n) is 6.17. The number of hydrogen-bond donors (Lipinski definition) is 2. The molecule has 0 aromatic heterocycles. The Bertz CT molecular complexity index is 709. The lowest BCUT2D eigenvalue weighted by atomic mass is 10.2. The van der Waals surface area contributed by atoms with Crippen LogP contribution < -0.4 is 10.2 Å². The number of ether oxygens (including phenoxy) is 1. The van der Waals surface area contributed by atoms with Crippen molar-refractivity contribution in [2.45, 2.75) is 0 Å². The second-order valence-electron chi connectivity index (χ2n) is 4.24. The summed E-state index contributed by atoms with van der Waals surface area (Å²) >= 11 is 12.1. The predicted octanol–water partition coefficient (Wildman–Crippen LogP) is 4.15. The number of hydrogen-bond acceptors (Lipinski definition) is 4. The Labute approximate surface area is 137 Å². The Morgan fingerprint density at radius 1 is 1.27 bits per heavy atom. The minimum Gasteiger partial charge on any atom is -0.494 e. The highest BCUT2D eigenvalue weighted by Crippen LogP contribution is 2.33. The van der Waals surface area contributed by atoms with Gasteiger partial charge in [-0.25, -0.2) is 4.79 Å². The fourth-order valence-corrected chi connectivity index (χ4v) is 2.45.